The van der Waals surface area contributed by atoms with Gasteiger partial charge >= 0.3 is 0 Å². The lowest BCUT2D eigenvalue weighted by Crippen LogP contribution is -2.48. The number of ether oxygens (including phenoxy) is 2. The predicted octanol–water partition coefficient (Wildman–Crippen LogP) is 2.69. The third-order valence-electron chi connectivity index (χ3n) is 5.72. The third kappa shape index (κ3) is 4.63. The Morgan fingerprint density at radius 3 is 2.47 bits per heavy atom. The number of rotatable bonds is 7. The molecule has 0 aliphatic carbocycles. The summed E-state index contributed by atoms with van der Waals surface area (Å²) >= 11 is 0. The van der Waals surface area contributed by atoms with Crippen LogP contribution in [0, 0.1) is 0 Å². The van der Waals surface area contributed by atoms with Crippen molar-refractivity contribution in [3.05, 3.63) is 64.7 Å². The van der Waals surface area contributed by atoms with Crippen LogP contribution in [0.25, 0.3) is 10.9 Å². The highest BCUT2D eigenvalue weighted by Crippen LogP contribution is 2.20. The molecule has 7 nitrogen and oxygen atoms in total. The van der Waals surface area contributed by atoms with Crippen molar-refractivity contribution >= 4 is 10.9 Å². The molecule has 0 spiro atoms. The van der Waals surface area contributed by atoms with Gasteiger partial charge < -0.3 is 14.5 Å². The Morgan fingerprint density at radius 1 is 1.03 bits per heavy atom. The zero-order valence-corrected chi connectivity index (χ0v) is 17.5. The molecule has 0 radical (unpaired) electrons. The molecular weight excluding hydrogens is 380 g/mol. The first-order valence-corrected chi connectivity index (χ1v) is 10.4. The number of piperazine rings is 1. The first-order valence-electron chi connectivity index (χ1n) is 10.4. The average molecular weight is 409 g/mol. The molecule has 2 heterocycles. The fourth-order valence-electron chi connectivity index (χ4n) is 3.81. The van der Waals surface area contributed by atoms with E-state index < -0.39 is 0 Å². The van der Waals surface area contributed by atoms with Crippen molar-refractivity contribution < 1.29 is 9.47 Å². The Morgan fingerprint density at radius 2 is 1.73 bits per heavy atom. The van der Waals surface area contributed by atoms with Crippen molar-refractivity contribution in [1.82, 2.24) is 19.8 Å². The van der Waals surface area contributed by atoms with Gasteiger partial charge in [-0.2, -0.15) is 0 Å². The van der Waals surface area contributed by atoms with Crippen molar-refractivity contribution in [1.29, 1.82) is 0 Å². The lowest BCUT2D eigenvalue weighted by Gasteiger charge is -2.37. The lowest BCUT2D eigenvalue weighted by molar-refractivity contribution is 0.0891. The molecule has 30 heavy (non-hydrogen) atoms. The topological polar surface area (TPSA) is 70.7 Å². The normalized spacial score (nSPS) is 16.5. The number of benzene rings is 2. The molecule has 4 rings (SSSR count). The Kier molecular flexibility index (Phi) is 6.30. The number of methoxy groups -OCH3 is 1. The quantitative estimate of drug-likeness (QED) is 0.648. The molecule has 0 amide bonds. The van der Waals surface area contributed by atoms with Gasteiger partial charge in [0.25, 0.3) is 5.56 Å². The van der Waals surface area contributed by atoms with Gasteiger partial charge in [0, 0.05) is 32.7 Å². The van der Waals surface area contributed by atoms with E-state index in [1.54, 1.807) is 7.11 Å². The summed E-state index contributed by atoms with van der Waals surface area (Å²) in [6.07, 6.45) is 0. The number of aromatic amines is 1. The maximum Gasteiger partial charge on any atom is 0.258 e. The zero-order chi connectivity index (χ0) is 20.9. The van der Waals surface area contributed by atoms with E-state index in [0.717, 1.165) is 55.6 Å². The molecule has 158 valence electrons. The minimum absolute atomic E-state index is 0.0694. The second kappa shape index (κ2) is 9.28. The van der Waals surface area contributed by atoms with Crippen molar-refractivity contribution in [2.24, 2.45) is 0 Å². The maximum atomic E-state index is 12.4. The van der Waals surface area contributed by atoms with Crippen LogP contribution in [0.5, 0.6) is 11.5 Å². The first kappa shape index (κ1) is 20.4. The average Bonchev–Trinajstić information content (AvgIpc) is 2.79. The summed E-state index contributed by atoms with van der Waals surface area (Å²) in [6.45, 7) is 7.44. The van der Waals surface area contributed by atoms with Crippen LogP contribution in [0.3, 0.4) is 0 Å². The smallest absolute Gasteiger partial charge is 0.258 e. The van der Waals surface area contributed by atoms with Gasteiger partial charge in [0.05, 0.1) is 24.1 Å². The number of hydrogen-bond donors (Lipinski definition) is 1. The number of nitrogens with zero attached hydrogens (tertiary/aromatic N) is 3. The summed E-state index contributed by atoms with van der Waals surface area (Å²) in [5.74, 6) is 2.42. The fourth-order valence-corrected chi connectivity index (χ4v) is 3.81. The van der Waals surface area contributed by atoms with Crippen LogP contribution in [-0.4, -0.2) is 66.2 Å². The van der Waals surface area contributed by atoms with Crippen LogP contribution in [0.4, 0.5) is 0 Å². The van der Waals surface area contributed by atoms with Gasteiger partial charge in [-0.1, -0.05) is 12.1 Å². The number of para-hydroxylation sites is 1. The van der Waals surface area contributed by atoms with Crippen LogP contribution in [0.2, 0.25) is 0 Å². The molecule has 7 heteroatoms. The number of nitrogens with one attached hydrogen (secondary N) is 1. The molecule has 2 aromatic carbocycles. The molecule has 1 aliphatic rings. The monoisotopic (exact) mass is 408 g/mol. The molecular formula is C23H28N4O3. The van der Waals surface area contributed by atoms with E-state index in [4.69, 9.17) is 9.47 Å². The minimum atomic E-state index is -0.0724. The Balaban J connectivity index is 1.28. The van der Waals surface area contributed by atoms with E-state index in [9.17, 15) is 4.79 Å². The standard InChI is InChI=1S/C23H28N4O3/c1-17(22-24-21-6-4-3-5-20(21)23(28)25-22)27-13-11-26(12-14-27)15-16-30-19-9-7-18(29-2)8-10-19/h3-10,17H,11-16H2,1-2H3,(H,24,25,28)/t17-/m0/s1. The molecule has 1 saturated heterocycles. The van der Waals surface area contributed by atoms with Gasteiger partial charge in [0.1, 0.15) is 23.9 Å². The van der Waals surface area contributed by atoms with Gasteiger partial charge in [-0.25, -0.2) is 4.98 Å². The van der Waals surface area contributed by atoms with Crippen LogP contribution < -0.4 is 15.0 Å². The SMILES string of the molecule is COc1ccc(OCCN2CCN([C@@H](C)c3nc4ccccc4c(=O)[nH]3)CC2)cc1. The highest BCUT2D eigenvalue weighted by Gasteiger charge is 2.23. The number of aromatic nitrogens is 2. The summed E-state index contributed by atoms with van der Waals surface area (Å²) < 4.78 is 11.0. The van der Waals surface area contributed by atoms with Crippen molar-refractivity contribution in [2.45, 2.75) is 13.0 Å². The van der Waals surface area contributed by atoms with Gasteiger partial charge in [-0.3, -0.25) is 14.6 Å². The highest BCUT2D eigenvalue weighted by atomic mass is 16.5. The fraction of sp³-hybridized carbons (Fsp3) is 0.391. The first-order chi connectivity index (χ1) is 14.6. The van der Waals surface area contributed by atoms with E-state index in [1.807, 2.05) is 48.5 Å². The third-order valence-corrected chi connectivity index (χ3v) is 5.72. The van der Waals surface area contributed by atoms with Gasteiger partial charge in [0.2, 0.25) is 0 Å². The number of hydrogen-bond acceptors (Lipinski definition) is 6. The van der Waals surface area contributed by atoms with Crippen molar-refractivity contribution in [2.75, 3.05) is 46.4 Å². The molecule has 1 fully saturated rings. The van der Waals surface area contributed by atoms with Gasteiger partial charge in [0.15, 0.2) is 0 Å². The second-order valence-corrected chi connectivity index (χ2v) is 7.55. The van der Waals surface area contributed by atoms with Crippen LogP contribution >= 0.6 is 0 Å². The number of H-pyrrole nitrogens is 1. The lowest BCUT2D eigenvalue weighted by atomic mass is 10.2. The summed E-state index contributed by atoms with van der Waals surface area (Å²) in [5, 5.41) is 0.634. The zero-order valence-electron chi connectivity index (χ0n) is 17.5. The van der Waals surface area contributed by atoms with Crippen molar-refractivity contribution in [3.8, 4) is 11.5 Å². The Bertz CT molecular complexity index is 1030. The van der Waals surface area contributed by atoms with E-state index in [-0.39, 0.29) is 11.6 Å². The van der Waals surface area contributed by atoms with Crippen molar-refractivity contribution in [3.63, 3.8) is 0 Å². The van der Waals surface area contributed by atoms with Crippen LogP contribution in [0.15, 0.2) is 53.3 Å². The largest absolute Gasteiger partial charge is 0.497 e. The summed E-state index contributed by atoms with van der Waals surface area (Å²) in [6, 6.07) is 15.2. The highest BCUT2D eigenvalue weighted by molar-refractivity contribution is 5.77. The Hall–Kier alpha value is -2.90. The molecule has 3 aromatic rings. The minimum Gasteiger partial charge on any atom is -0.497 e. The summed E-state index contributed by atoms with van der Waals surface area (Å²) in [5.41, 5.74) is 0.675. The molecule has 1 aromatic heterocycles. The van der Waals surface area contributed by atoms with Gasteiger partial charge in [-0.15, -0.1) is 0 Å². The van der Waals surface area contributed by atoms with E-state index in [0.29, 0.717) is 12.0 Å². The summed E-state index contributed by atoms with van der Waals surface area (Å²) in [4.78, 5) is 24.8. The molecule has 1 aliphatic heterocycles. The van der Waals surface area contributed by atoms with Crippen LogP contribution in [0.1, 0.15) is 18.8 Å². The molecule has 0 saturated carbocycles. The van der Waals surface area contributed by atoms with E-state index in [1.165, 1.54) is 0 Å². The maximum absolute atomic E-state index is 12.4. The van der Waals surface area contributed by atoms with Crippen LogP contribution in [-0.2, 0) is 0 Å². The van der Waals surface area contributed by atoms with Gasteiger partial charge in [-0.05, 0) is 43.3 Å². The molecule has 0 unspecified atom stereocenters. The summed E-state index contributed by atoms with van der Waals surface area (Å²) in [7, 11) is 1.66. The molecule has 1 atom stereocenters. The Labute approximate surface area is 176 Å². The van der Waals surface area contributed by atoms with E-state index in [2.05, 4.69) is 26.7 Å². The number of fused-ring (bicyclic) bond motifs is 1. The predicted molar refractivity (Wildman–Crippen MR) is 117 cm³/mol. The second-order valence-electron chi connectivity index (χ2n) is 7.55. The molecule has 1 N–H and O–H groups in total. The molecule has 0 bridgehead atoms. The van der Waals surface area contributed by atoms with E-state index >= 15 is 0 Å².